The van der Waals surface area contributed by atoms with Crippen LogP contribution in [0.3, 0.4) is 0 Å². The average Bonchev–Trinajstić information content (AvgIpc) is 2.69. The van der Waals surface area contributed by atoms with Crippen LogP contribution in [-0.4, -0.2) is 30.0 Å². The average molecular weight is 461 g/mol. The van der Waals surface area contributed by atoms with Crippen molar-refractivity contribution in [2.45, 2.75) is 23.6 Å². The van der Waals surface area contributed by atoms with Gasteiger partial charge in [-0.2, -0.15) is 16.8 Å². The molecule has 164 valence electrons. The summed E-state index contributed by atoms with van der Waals surface area (Å²) in [7, 11) is -7.53. The Kier molecular flexibility index (Phi) is 10.5. The van der Waals surface area contributed by atoms with E-state index >= 15 is 0 Å². The summed E-state index contributed by atoms with van der Waals surface area (Å²) < 4.78 is 78.0. The van der Waals surface area contributed by atoms with E-state index in [-0.39, 0.29) is 35.7 Å². The first-order valence-corrected chi connectivity index (χ1v) is 11.4. The van der Waals surface area contributed by atoms with E-state index in [1.165, 1.54) is 24.3 Å². The van der Waals surface area contributed by atoms with Crippen LogP contribution in [0.2, 0.25) is 0 Å². The van der Waals surface area contributed by atoms with Crippen molar-refractivity contribution >= 4 is 20.2 Å². The molecule has 0 heterocycles. The number of rotatable bonds is 8. The third-order valence-electron chi connectivity index (χ3n) is 3.44. The molecule has 0 aromatic heterocycles. The summed E-state index contributed by atoms with van der Waals surface area (Å²) in [6.45, 7) is 3.10. The number of hydrogen-bond donors (Lipinski definition) is 0. The predicted molar refractivity (Wildman–Crippen MR) is 109 cm³/mol. The Morgan fingerprint density at radius 3 is 1.23 bits per heavy atom. The molecule has 10 heteroatoms. The standard InChI is InChI=1S/2C10H11FO3S/c2*1-9-3-5-10(6-4-9)15(12,13)14-8-2-7-11/h2*2-7H,8H2,1H3. The van der Waals surface area contributed by atoms with Crippen LogP contribution < -0.4 is 0 Å². The normalized spacial score (nSPS) is 12.1. The van der Waals surface area contributed by atoms with Crippen molar-refractivity contribution in [2.24, 2.45) is 0 Å². The first-order chi connectivity index (χ1) is 14.1. The van der Waals surface area contributed by atoms with Crippen molar-refractivity contribution in [3.63, 3.8) is 0 Å². The lowest BCUT2D eigenvalue weighted by Gasteiger charge is -2.03. The minimum absolute atomic E-state index is 0.0698. The van der Waals surface area contributed by atoms with Crippen molar-refractivity contribution in [1.82, 2.24) is 0 Å². The number of aryl methyl sites for hydroxylation is 2. The largest absolute Gasteiger partial charge is 0.297 e. The van der Waals surface area contributed by atoms with Gasteiger partial charge in [-0.15, -0.1) is 0 Å². The second-order valence-electron chi connectivity index (χ2n) is 5.83. The SMILES string of the molecule is Cc1ccc(S(=O)(=O)OCC=CF)cc1.Cc1ccc(S(=O)(=O)OCC=CF)cc1. The molecule has 0 fully saturated rings. The quantitative estimate of drug-likeness (QED) is 0.544. The molecule has 0 bridgehead atoms. The van der Waals surface area contributed by atoms with Gasteiger partial charge < -0.3 is 0 Å². The van der Waals surface area contributed by atoms with Gasteiger partial charge in [0.25, 0.3) is 20.2 Å². The van der Waals surface area contributed by atoms with E-state index in [0.717, 1.165) is 23.3 Å². The lowest BCUT2D eigenvalue weighted by atomic mass is 10.2. The lowest BCUT2D eigenvalue weighted by molar-refractivity contribution is 0.354. The van der Waals surface area contributed by atoms with E-state index in [0.29, 0.717) is 0 Å². The summed E-state index contributed by atoms with van der Waals surface area (Å²) in [5, 5.41) is 0. The highest BCUT2D eigenvalue weighted by Gasteiger charge is 2.14. The lowest BCUT2D eigenvalue weighted by Crippen LogP contribution is -2.06. The van der Waals surface area contributed by atoms with Crippen LogP contribution in [0.15, 0.2) is 83.1 Å². The molecule has 0 amide bonds. The van der Waals surface area contributed by atoms with E-state index in [4.69, 9.17) is 0 Å². The molecule has 0 aliphatic heterocycles. The molecule has 0 spiro atoms. The van der Waals surface area contributed by atoms with Gasteiger partial charge in [-0.3, -0.25) is 8.37 Å². The second-order valence-corrected chi connectivity index (χ2v) is 9.06. The molecular formula is C20H22F2O6S2. The zero-order chi connectivity index (χ0) is 22.6. The number of hydrogen-bond acceptors (Lipinski definition) is 6. The third-order valence-corrected chi connectivity index (χ3v) is 6.03. The predicted octanol–water partition coefficient (Wildman–Crippen LogP) is 4.37. The number of benzene rings is 2. The van der Waals surface area contributed by atoms with Gasteiger partial charge in [0.15, 0.2) is 0 Å². The van der Waals surface area contributed by atoms with E-state index < -0.39 is 20.2 Å². The zero-order valence-electron chi connectivity index (χ0n) is 16.4. The van der Waals surface area contributed by atoms with Crippen molar-refractivity contribution in [1.29, 1.82) is 0 Å². The van der Waals surface area contributed by atoms with Crippen LogP contribution >= 0.6 is 0 Å². The Morgan fingerprint density at radius 2 is 0.967 bits per heavy atom. The van der Waals surface area contributed by atoms with Crippen LogP contribution in [-0.2, 0) is 28.6 Å². The van der Waals surface area contributed by atoms with Gasteiger partial charge in [0.1, 0.15) is 0 Å². The Balaban J connectivity index is 0.000000300. The molecule has 2 rings (SSSR count). The molecule has 0 aliphatic rings. The van der Waals surface area contributed by atoms with Crippen LogP contribution in [0.4, 0.5) is 8.78 Å². The van der Waals surface area contributed by atoms with Gasteiger partial charge in [-0.05, 0) is 50.3 Å². The van der Waals surface area contributed by atoms with Crippen molar-refractivity contribution < 1.29 is 34.0 Å². The number of halogens is 2. The summed E-state index contributed by atoms with van der Waals surface area (Å²) in [6, 6.07) is 12.5. The fourth-order valence-corrected chi connectivity index (χ4v) is 3.60. The zero-order valence-corrected chi connectivity index (χ0v) is 18.0. The fourth-order valence-electron chi connectivity index (χ4n) is 1.88. The molecule has 0 N–H and O–H groups in total. The Bertz CT molecular complexity index is 956. The molecule has 0 saturated heterocycles. The summed E-state index contributed by atoms with van der Waals surface area (Å²) in [5.41, 5.74) is 1.91. The van der Waals surface area contributed by atoms with E-state index in [1.807, 2.05) is 13.8 Å². The highest BCUT2D eigenvalue weighted by Crippen LogP contribution is 2.14. The first kappa shape index (κ1) is 25.6. The van der Waals surface area contributed by atoms with Gasteiger partial charge in [0.2, 0.25) is 0 Å². The summed E-state index contributed by atoms with van der Waals surface area (Å²) in [4.78, 5) is 0.140. The van der Waals surface area contributed by atoms with Crippen LogP contribution in [0.1, 0.15) is 11.1 Å². The minimum atomic E-state index is -3.77. The molecule has 6 nitrogen and oxygen atoms in total. The van der Waals surface area contributed by atoms with Gasteiger partial charge in [-0.25, -0.2) is 8.78 Å². The van der Waals surface area contributed by atoms with E-state index in [1.54, 1.807) is 24.3 Å². The smallest absolute Gasteiger partial charge is 0.262 e. The second kappa shape index (κ2) is 12.3. The molecule has 2 aromatic carbocycles. The topological polar surface area (TPSA) is 86.7 Å². The highest BCUT2D eigenvalue weighted by atomic mass is 32.2. The molecule has 2 aromatic rings. The van der Waals surface area contributed by atoms with E-state index in [9.17, 15) is 25.6 Å². The third kappa shape index (κ3) is 8.95. The maximum absolute atomic E-state index is 11.6. The van der Waals surface area contributed by atoms with Gasteiger partial charge in [0.05, 0.1) is 35.7 Å². The Hall–Kier alpha value is -2.40. The van der Waals surface area contributed by atoms with Gasteiger partial charge in [-0.1, -0.05) is 35.4 Å². The van der Waals surface area contributed by atoms with E-state index in [2.05, 4.69) is 8.37 Å². The summed E-state index contributed by atoms with van der Waals surface area (Å²) in [6.07, 6.45) is 2.44. The van der Waals surface area contributed by atoms with Crippen molar-refractivity contribution in [2.75, 3.05) is 13.2 Å². The maximum atomic E-state index is 11.6. The van der Waals surface area contributed by atoms with Crippen LogP contribution in [0, 0.1) is 13.8 Å². The fraction of sp³-hybridized carbons (Fsp3) is 0.200. The Labute approximate surface area is 175 Å². The van der Waals surface area contributed by atoms with Crippen molar-refractivity contribution in [3.8, 4) is 0 Å². The summed E-state index contributed by atoms with van der Waals surface area (Å²) >= 11 is 0. The molecule has 0 radical (unpaired) electrons. The molecule has 0 atom stereocenters. The minimum Gasteiger partial charge on any atom is -0.262 e. The van der Waals surface area contributed by atoms with Gasteiger partial charge >= 0.3 is 0 Å². The van der Waals surface area contributed by atoms with Gasteiger partial charge in [0, 0.05) is 0 Å². The van der Waals surface area contributed by atoms with Crippen molar-refractivity contribution in [3.05, 3.63) is 84.5 Å². The highest BCUT2D eigenvalue weighted by molar-refractivity contribution is 7.87. The monoisotopic (exact) mass is 460 g/mol. The molecule has 0 saturated carbocycles. The van der Waals surface area contributed by atoms with Crippen LogP contribution in [0.5, 0.6) is 0 Å². The van der Waals surface area contributed by atoms with Crippen LogP contribution in [0.25, 0.3) is 0 Å². The molecule has 0 aliphatic carbocycles. The molecule has 0 unspecified atom stereocenters. The summed E-state index contributed by atoms with van der Waals surface area (Å²) in [5.74, 6) is 0. The molecule has 30 heavy (non-hydrogen) atoms. The molecular weight excluding hydrogens is 438 g/mol. The Morgan fingerprint density at radius 1 is 0.667 bits per heavy atom. The first-order valence-electron chi connectivity index (χ1n) is 8.55. The maximum Gasteiger partial charge on any atom is 0.297 e.